The van der Waals surface area contributed by atoms with Gasteiger partial charge in [-0.1, -0.05) is 31.5 Å². The van der Waals surface area contributed by atoms with Crippen LogP contribution >= 0.6 is 27.5 Å². The third kappa shape index (κ3) is 2.56. The van der Waals surface area contributed by atoms with E-state index in [9.17, 15) is 0 Å². The van der Waals surface area contributed by atoms with E-state index in [1.165, 1.54) is 17.0 Å². The Labute approximate surface area is 139 Å². The van der Waals surface area contributed by atoms with Gasteiger partial charge in [0, 0.05) is 17.4 Å². The van der Waals surface area contributed by atoms with E-state index in [0.29, 0.717) is 0 Å². The average Bonchev–Trinajstić information content (AvgIpc) is 2.69. The number of rotatable bonds is 1. The standard InChI is InChI=1S/C17H20BrClN2/c1-10-7-11-13(20)8-17(2,3)9-15(11)21(10)14-6-4-5-12(19)16(14)18/h4-7,13H,8-9,20H2,1-3H3. The minimum atomic E-state index is 0.113. The summed E-state index contributed by atoms with van der Waals surface area (Å²) in [5.41, 5.74) is 11.5. The van der Waals surface area contributed by atoms with Crippen molar-refractivity contribution in [3.05, 3.63) is 50.7 Å². The molecule has 112 valence electrons. The van der Waals surface area contributed by atoms with Gasteiger partial charge >= 0.3 is 0 Å². The summed E-state index contributed by atoms with van der Waals surface area (Å²) in [5, 5.41) is 0.730. The van der Waals surface area contributed by atoms with Crippen LogP contribution < -0.4 is 5.73 Å². The van der Waals surface area contributed by atoms with Crippen molar-refractivity contribution >= 4 is 27.5 Å². The molecule has 0 spiro atoms. The lowest BCUT2D eigenvalue weighted by Gasteiger charge is -2.34. The van der Waals surface area contributed by atoms with Crippen LogP contribution in [0.5, 0.6) is 0 Å². The van der Waals surface area contributed by atoms with Crippen LogP contribution in [0.4, 0.5) is 0 Å². The van der Waals surface area contributed by atoms with Crippen molar-refractivity contribution in [2.45, 2.75) is 39.7 Å². The fourth-order valence-electron chi connectivity index (χ4n) is 3.45. The van der Waals surface area contributed by atoms with Crippen molar-refractivity contribution < 1.29 is 0 Å². The smallest absolute Gasteiger partial charge is 0.0612 e. The molecule has 4 heteroatoms. The summed E-state index contributed by atoms with van der Waals surface area (Å²) in [6, 6.07) is 8.32. The second kappa shape index (κ2) is 5.15. The Hall–Kier alpha value is -0.770. The van der Waals surface area contributed by atoms with E-state index in [2.05, 4.69) is 53.4 Å². The molecule has 1 atom stereocenters. The Balaban J connectivity index is 2.24. The molecule has 1 aliphatic rings. The van der Waals surface area contributed by atoms with E-state index in [4.69, 9.17) is 17.3 Å². The van der Waals surface area contributed by atoms with E-state index in [-0.39, 0.29) is 11.5 Å². The van der Waals surface area contributed by atoms with Gasteiger partial charge in [0.15, 0.2) is 0 Å². The van der Waals surface area contributed by atoms with Crippen LogP contribution in [0.2, 0.25) is 5.02 Å². The van der Waals surface area contributed by atoms with E-state index in [1.807, 2.05) is 12.1 Å². The van der Waals surface area contributed by atoms with Crippen molar-refractivity contribution in [3.8, 4) is 5.69 Å². The highest BCUT2D eigenvalue weighted by molar-refractivity contribution is 9.10. The molecule has 2 nitrogen and oxygen atoms in total. The predicted octanol–water partition coefficient (Wildman–Crippen LogP) is 5.17. The van der Waals surface area contributed by atoms with E-state index < -0.39 is 0 Å². The number of aryl methyl sites for hydroxylation is 1. The minimum absolute atomic E-state index is 0.113. The average molecular weight is 368 g/mol. The molecule has 21 heavy (non-hydrogen) atoms. The summed E-state index contributed by atoms with van der Waals surface area (Å²) in [6.07, 6.45) is 2.06. The van der Waals surface area contributed by atoms with Gasteiger partial charge in [-0.3, -0.25) is 0 Å². The van der Waals surface area contributed by atoms with Crippen LogP contribution in [0.25, 0.3) is 5.69 Å². The van der Waals surface area contributed by atoms with E-state index in [1.54, 1.807) is 0 Å². The Morgan fingerprint density at radius 1 is 1.38 bits per heavy atom. The molecular weight excluding hydrogens is 348 g/mol. The molecule has 1 unspecified atom stereocenters. The summed E-state index contributed by atoms with van der Waals surface area (Å²) < 4.78 is 3.23. The number of aromatic nitrogens is 1. The molecule has 1 aromatic heterocycles. The van der Waals surface area contributed by atoms with Crippen molar-refractivity contribution in [3.63, 3.8) is 0 Å². The van der Waals surface area contributed by atoms with Gasteiger partial charge in [0.25, 0.3) is 0 Å². The summed E-state index contributed by atoms with van der Waals surface area (Å²) in [4.78, 5) is 0. The summed E-state index contributed by atoms with van der Waals surface area (Å²) in [5.74, 6) is 0. The number of fused-ring (bicyclic) bond motifs is 1. The van der Waals surface area contributed by atoms with Crippen LogP contribution in [0.1, 0.15) is 43.3 Å². The highest BCUT2D eigenvalue weighted by Crippen LogP contribution is 2.43. The monoisotopic (exact) mass is 366 g/mol. The molecule has 1 heterocycles. The maximum absolute atomic E-state index is 6.40. The van der Waals surface area contributed by atoms with Crippen molar-refractivity contribution in [1.82, 2.24) is 4.57 Å². The highest BCUT2D eigenvalue weighted by Gasteiger charge is 2.33. The molecule has 0 aliphatic heterocycles. The van der Waals surface area contributed by atoms with E-state index in [0.717, 1.165) is 28.0 Å². The Morgan fingerprint density at radius 3 is 2.81 bits per heavy atom. The molecular formula is C17H20BrClN2. The van der Waals surface area contributed by atoms with Crippen LogP contribution in [-0.4, -0.2) is 4.57 Å². The van der Waals surface area contributed by atoms with Crippen molar-refractivity contribution in [2.24, 2.45) is 11.1 Å². The first-order chi connectivity index (χ1) is 9.80. The number of hydrogen-bond acceptors (Lipinski definition) is 1. The summed E-state index contributed by atoms with van der Waals surface area (Å²) in [6.45, 7) is 6.70. The first kappa shape index (κ1) is 15.1. The normalized spacial score (nSPS) is 20.4. The second-order valence-corrected chi connectivity index (χ2v) is 7.95. The molecule has 2 N–H and O–H groups in total. The predicted molar refractivity (Wildman–Crippen MR) is 92.2 cm³/mol. The van der Waals surface area contributed by atoms with Crippen LogP contribution in [0, 0.1) is 12.3 Å². The molecule has 0 amide bonds. The van der Waals surface area contributed by atoms with Crippen LogP contribution in [0.3, 0.4) is 0 Å². The molecule has 2 aromatic rings. The first-order valence-electron chi connectivity index (χ1n) is 7.21. The van der Waals surface area contributed by atoms with Gasteiger partial charge in [-0.25, -0.2) is 0 Å². The Kier molecular flexibility index (Phi) is 3.71. The van der Waals surface area contributed by atoms with Crippen LogP contribution in [0.15, 0.2) is 28.7 Å². The highest BCUT2D eigenvalue weighted by atomic mass is 79.9. The van der Waals surface area contributed by atoms with Gasteiger partial charge in [0.2, 0.25) is 0 Å². The maximum Gasteiger partial charge on any atom is 0.0612 e. The Morgan fingerprint density at radius 2 is 2.10 bits per heavy atom. The molecule has 0 saturated heterocycles. The third-order valence-corrected chi connectivity index (χ3v) is 5.69. The van der Waals surface area contributed by atoms with Gasteiger partial charge in [0.05, 0.1) is 15.2 Å². The number of hydrogen-bond donors (Lipinski definition) is 1. The lowest BCUT2D eigenvalue weighted by atomic mass is 9.74. The van der Waals surface area contributed by atoms with Gasteiger partial charge in [-0.2, -0.15) is 0 Å². The topological polar surface area (TPSA) is 30.9 Å². The molecule has 1 aromatic carbocycles. The lowest BCUT2D eigenvalue weighted by Crippen LogP contribution is -2.30. The number of halogens is 2. The maximum atomic E-state index is 6.40. The van der Waals surface area contributed by atoms with Crippen molar-refractivity contribution in [2.75, 3.05) is 0 Å². The summed E-state index contributed by atoms with van der Waals surface area (Å²) >= 11 is 9.89. The van der Waals surface area contributed by atoms with Gasteiger partial charge in [-0.05, 0) is 64.9 Å². The summed E-state index contributed by atoms with van der Waals surface area (Å²) in [7, 11) is 0. The fourth-order valence-corrected chi connectivity index (χ4v) is 4.06. The number of nitrogens with zero attached hydrogens (tertiary/aromatic N) is 1. The zero-order chi connectivity index (χ0) is 15.4. The number of nitrogens with two attached hydrogens (primary N) is 1. The van der Waals surface area contributed by atoms with Crippen molar-refractivity contribution in [1.29, 1.82) is 0 Å². The fraction of sp³-hybridized carbons (Fsp3) is 0.412. The van der Waals surface area contributed by atoms with Crippen LogP contribution in [-0.2, 0) is 6.42 Å². The molecule has 0 saturated carbocycles. The Bertz CT molecular complexity index is 703. The molecule has 1 aliphatic carbocycles. The minimum Gasteiger partial charge on any atom is -0.324 e. The molecule has 0 radical (unpaired) electrons. The van der Waals surface area contributed by atoms with Gasteiger partial charge < -0.3 is 10.3 Å². The third-order valence-electron chi connectivity index (χ3n) is 4.31. The van der Waals surface area contributed by atoms with Gasteiger partial charge in [-0.15, -0.1) is 0 Å². The molecule has 0 fully saturated rings. The van der Waals surface area contributed by atoms with Gasteiger partial charge in [0.1, 0.15) is 0 Å². The van der Waals surface area contributed by atoms with E-state index >= 15 is 0 Å². The quantitative estimate of drug-likeness (QED) is 0.740. The first-order valence-corrected chi connectivity index (χ1v) is 8.38. The molecule has 3 rings (SSSR count). The molecule has 0 bridgehead atoms. The zero-order valence-corrected chi connectivity index (χ0v) is 14.9. The largest absolute Gasteiger partial charge is 0.324 e. The second-order valence-electron chi connectivity index (χ2n) is 6.75. The number of benzene rings is 1. The SMILES string of the molecule is Cc1cc2c(n1-c1cccc(Cl)c1Br)CC(C)(C)CC2N. The lowest BCUT2D eigenvalue weighted by molar-refractivity contribution is 0.278. The zero-order valence-electron chi connectivity index (χ0n) is 12.6.